The molecule has 2 saturated heterocycles. The molecule has 7 heteroatoms. The van der Waals surface area contributed by atoms with E-state index in [1.165, 1.54) is 23.9 Å². The number of amides is 2. The lowest BCUT2D eigenvalue weighted by Gasteiger charge is -2.32. The summed E-state index contributed by atoms with van der Waals surface area (Å²) in [4.78, 5) is 26.1. The first kappa shape index (κ1) is 19.9. The SMILES string of the molecule is Cc1cc(C(=O)N2CCC(N)CC2)ccc1C1(c2ccc(F)cc2)NC(=O)CS1. The summed E-state index contributed by atoms with van der Waals surface area (Å²) in [6.07, 6.45) is 1.64. The first-order valence-electron chi connectivity index (χ1n) is 9.76. The van der Waals surface area contributed by atoms with Crippen LogP contribution in [0.5, 0.6) is 0 Å². The molecule has 2 aromatic carbocycles. The molecule has 5 nitrogen and oxygen atoms in total. The molecule has 3 N–H and O–H groups in total. The number of benzene rings is 2. The summed E-state index contributed by atoms with van der Waals surface area (Å²) in [6, 6.07) is 12.0. The van der Waals surface area contributed by atoms with E-state index >= 15 is 0 Å². The number of nitrogens with one attached hydrogen (secondary N) is 1. The van der Waals surface area contributed by atoms with Crippen molar-refractivity contribution in [1.82, 2.24) is 10.2 Å². The second kappa shape index (κ2) is 7.80. The number of likely N-dealkylation sites (tertiary alicyclic amines) is 1. The van der Waals surface area contributed by atoms with Crippen molar-refractivity contribution in [3.05, 3.63) is 70.5 Å². The van der Waals surface area contributed by atoms with Crippen LogP contribution in [0.1, 0.15) is 39.9 Å². The summed E-state index contributed by atoms with van der Waals surface area (Å²) in [7, 11) is 0. The number of aryl methyl sites for hydroxylation is 1. The Morgan fingerprint density at radius 1 is 1.21 bits per heavy atom. The molecular formula is C22H24FN3O2S. The highest BCUT2D eigenvalue weighted by Gasteiger charge is 2.43. The van der Waals surface area contributed by atoms with E-state index in [9.17, 15) is 14.0 Å². The van der Waals surface area contributed by atoms with Crippen LogP contribution in [0.4, 0.5) is 4.39 Å². The van der Waals surface area contributed by atoms with Crippen LogP contribution in [-0.2, 0) is 9.67 Å². The molecule has 2 aliphatic rings. The number of hydrogen-bond donors (Lipinski definition) is 2. The molecule has 4 rings (SSSR count). The summed E-state index contributed by atoms with van der Waals surface area (Å²) in [6.45, 7) is 3.28. The molecule has 2 aliphatic heterocycles. The molecule has 152 valence electrons. The maximum absolute atomic E-state index is 13.5. The van der Waals surface area contributed by atoms with E-state index in [1.807, 2.05) is 30.0 Å². The van der Waals surface area contributed by atoms with Gasteiger partial charge < -0.3 is 16.0 Å². The average molecular weight is 414 g/mol. The molecule has 2 amide bonds. The van der Waals surface area contributed by atoms with Gasteiger partial charge in [0.1, 0.15) is 10.7 Å². The van der Waals surface area contributed by atoms with Gasteiger partial charge in [-0.1, -0.05) is 18.2 Å². The summed E-state index contributed by atoms with van der Waals surface area (Å²) in [5.74, 6) is -0.0582. The summed E-state index contributed by atoms with van der Waals surface area (Å²) in [5.41, 5.74) is 9.19. The Labute approximate surface area is 173 Å². The summed E-state index contributed by atoms with van der Waals surface area (Å²) < 4.78 is 13.5. The van der Waals surface area contributed by atoms with Crippen LogP contribution in [-0.4, -0.2) is 41.6 Å². The minimum absolute atomic E-state index is 0.00509. The molecular weight excluding hydrogens is 389 g/mol. The van der Waals surface area contributed by atoms with Crippen molar-refractivity contribution in [3.63, 3.8) is 0 Å². The van der Waals surface area contributed by atoms with Crippen LogP contribution in [0, 0.1) is 12.7 Å². The van der Waals surface area contributed by atoms with Gasteiger partial charge in [-0.15, -0.1) is 11.8 Å². The van der Waals surface area contributed by atoms with E-state index in [0.717, 1.165) is 29.5 Å². The van der Waals surface area contributed by atoms with Crippen LogP contribution < -0.4 is 11.1 Å². The monoisotopic (exact) mass is 413 g/mol. The lowest BCUT2D eigenvalue weighted by atomic mass is 9.92. The van der Waals surface area contributed by atoms with E-state index in [0.29, 0.717) is 24.4 Å². The number of hydrogen-bond acceptors (Lipinski definition) is 4. The van der Waals surface area contributed by atoms with E-state index in [4.69, 9.17) is 5.73 Å². The average Bonchev–Trinajstić information content (AvgIpc) is 3.11. The van der Waals surface area contributed by atoms with E-state index in [2.05, 4.69) is 5.32 Å². The van der Waals surface area contributed by atoms with Gasteiger partial charge in [0, 0.05) is 24.7 Å². The van der Waals surface area contributed by atoms with Gasteiger partial charge in [-0.3, -0.25) is 9.59 Å². The Morgan fingerprint density at radius 2 is 1.90 bits per heavy atom. The number of thioether (sulfide) groups is 1. The first-order valence-corrected chi connectivity index (χ1v) is 10.7. The Balaban J connectivity index is 1.67. The van der Waals surface area contributed by atoms with Crippen molar-refractivity contribution < 1.29 is 14.0 Å². The van der Waals surface area contributed by atoms with Gasteiger partial charge in [0.2, 0.25) is 5.91 Å². The minimum Gasteiger partial charge on any atom is -0.339 e. The maximum Gasteiger partial charge on any atom is 0.253 e. The molecule has 0 radical (unpaired) electrons. The highest BCUT2D eigenvalue weighted by molar-refractivity contribution is 8.01. The zero-order valence-corrected chi connectivity index (χ0v) is 17.1. The molecule has 1 unspecified atom stereocenters. The molecule has 2 heterocycles. The van der Waals surface area contributed by atoms with E-state index < -0.39 is 4.87 Å². The van der Waals surface area contributed by atoms with E-state index in [-0.39, 0.29) is 23.7 Å². The second-order valence-electron chi connectivity index (χ2n) is 7.68. The van der Waals surface area contributed by atoms with E-state index in [1.54, 1.807) is 12.1 Å². The zero-order chi connectivity index (χ0) is 20.6. The number of halogens is 1. The van der Waals surface area contributed by atoms with Crippen molar-refractivity contribution in [2.75, 3.05) is 18.8 Å². The lowest BCUT2D eigenvalue weighted by Crippen LogP contribution is -2.43. The molecule has 1 atom stereocenters. The number of nitrogens with two attached hydrogens (primary N) is 1. The van der Waals surface area contributed by atoms with Crippen molar-refractivity contribution >= 4 is 23.6 Å². The largest absolute Gasteiger partial charge is 0.339 e. The Bertz CT molecular complexity index is 942. The van der Waals surface area contributed by atoms with Gasteiger partial charge in [0.15, 0.2) is 0 Å². The molecule has 0 aromatic heterocycles. The quantitative estimate of drug-likeness (QED) is 0.811. The summed E-state index contributed by atoms with van der Waals surface area (Å²) >= 11 is 1.47. The van der Waals surface area contributed by atoms with Crippen LogP contribution >= 0.6 is 11.8 Å². The third-order valence-corrected chi connectivity index (χ3v) is 7.06. The fourth-order valence-corrected chi connectivity index (χ4v) is 5.35. The van der Waals surface area contributed by atoms with Crippen molar-refractivity contribution in [2.24, 2.45) is 5.73 Å². The molecule has 0 saturated carbocycles. The number of nitrogens with zero attached hydrogens (tertiary/aromatic N) is 1. The highest BCUT2D eigenvalue weighted by atomic mass is 32.2. The van der Waals surface area contributed by atoms with Gasteiger partial charge in [-0.05, 0) is 60.7 Å². The molecule has 0 aliphatic carbocycles. The van der Waals surface area contributed by atoms with Gasteiger partial charge in [0.25, 0.3) is 5.91 Å². The zero-order valence-electron chi connectivity index (χ0n) is 16.3. The smallest absolute Gasteiger partial charge is 0.253 e. The molecule has 0 bridgehead atoms. The lowest BCUT2D eigenvalue weighted by molar-refractivity contribution is -0.118. The predicted octanol–water partition coefficient (Wildman–Crippen LogP) is 2.76. The fourth-order valence-electron chi connectivity index (χ4n) is 4.06. The fraction of sp³-hybridized carbons (Fsp3) is 0.364. The minimum atomic E-state index is -0.783. The molecule has 2 aromatic rings. The van der Waals surface area contributed by atoms with Crippen LogP contribution in [0.15, 0.2) is 42.5 Å². The third-order valence-electron chi connectivity index (χ3n) is 5.67. The van der Waals surface area contributed by atoms with Crippen molar-refractivity contribution in [1.29, 1.82) is 0 Å². The standard InChI is InChI=1S/C22H24FN3O2S/c1-14-12-15(21(28)26-10-8-18(24)9-11-26)2-7-19(14)22(25-20(27)13-29-22)16-3-5-17(23)6-4-16/h2-7,12,18H,8-11,13,24H2,1H3,(H,25,27). The second-order valence-corrected chi connectivity index (χ2v) is 8.87. The molecule has 29 heavy (non-hydrogen) atoms. The number of piperidine rings is 1. The van der Waals surface area contributed by atoms with Crippen LogP contribution in [0.3, 0.4) is 0 Å². The first-order chi connectivity index (χ1) is 13.9. The Kier molecular flexibility index (Phi) is 5.36. The number of carbonyl (C=O) groups excluding carboxylic acids is 2. The Hall–Kier alpha value is -2.38. The Morgan fingerprint density at radius 3 is 2.48 bits per heavy atom. The summed E-state index contributed by atoms with van der Waals surface area (Å²) in [5, 5.41) is 3.07. The van der Waals surface area contributed by atoms with Gasteiger partial charge in [-0.25, -0.2) is 4.39 Å². The van der Waals surface area contributed by atoms with Crippen molar-refractivity contribution in [2.45, 2.75) is 30.7 Å². The third kappa shape index (κ3) is 3.76. The number of carbonyl (C=O) groups is 2. The van der Waals surface area contributed by atoms with Crippen LogP contribution in [0.2, 0.25) is 0 Å². The van der Waals surface area contributed by atoms with Crippen molar-refractivity contribution in [3.8, 4) is 0 Å². The van der Waals surface area contributed by atoms with Crippen LogP contribution in [0.25, 0.3) is 0 Å². The normalized spacial score (nSPS) is 22.6. The number of rotatable bonds is 3. The maximum atomic E-state index is 13.5. The van der Waals surface area contributed by atoms with Gasteiger partial charge in [0.05, 0.1) is 5.75 Å². The van der Waals surface area contributed by atoms with Gasteiger partial charge >= 0.3 is 0 Å². The molecule has 0 spiro atoms. The van der Waals surface area contributed by atoms with Gasteiger partial charge in [-0.2, -0.15) is 0 Å². The highest BCUT2D eigenvalue weighted by Crippen LogP contribution is 2.45. The topological polar surface area (TPSA) is 75.4 Å². The predicted molar refractivity (Wildman–Crippen MR) is 112 cm³/mol. The molecule has 2 fully saturated rings.